The van der Waals surface area contributed by atoms with Crippen molar-refractivity contribution in [3.8, 4) is 0 Å². The molecule has 0 saturated heterocycles. The zero-order chi connectivity index (χ0) is 12.3. The van der Waals surface area contributed by atoms with E-state index in [-0.39, 0.29) is 0 Å². The van der Waals surface area contributed by atoms with Gasteiger partial charge in [-0.2, -0.15) is 5.10 Å². The minimum Gasteiger partial charge on any atom is -0.368 e. The van der Waals surface area contributed by atoms with Crippen LogP contribution in [0.3, 0.4) is 0 Å². The molecule has 0 amide bonds. The van der Waals surface area contributed by atoms with Gasteiger partial charge in [-0.1, -0.05) is 0 Å². The minimum atomic E-state index is 0.429. The Balaban J connectivity index is 1.77. The summed E-state index contributed by atoms with van der Waals surface area (Å²) in [5.41, 5.74) is 5.90. The van der Waals surface area contributed by atoms with Crippen molar-refractivity contribution in [1.82, 2.24) is 9.78 Å². The zero-order valence-electron chi connectivity index (χ0n) is 10.9. The van der Waals surface area contributed by atoms with Gasteiger partial charge in [0.1, 0.15) is 5.82 Å². The highest BCUT2D eigenvalue weighted by Gasteiger charge is 2.18. The summed E-state index contributed by atoms with van der Waals surface area (Å²) >= 11 is 0. The van der Waals surface area contributed by atoms with Crippen molar-refractivity contribution < 1.29 is 0 Å². The molecule has 17 heavy (non-hydrogen) atoms. The van der Waals surface area contributed by atoms with Crippen molar-refractivity contribution in [2.75, 3.05) is 11.9 Å². The first-order valence-corrected chi connectivity index (χ1v) is 6.69. The van der Waals surface area contributed by atoms with Gasteiger partial charge >= 0.3 is 0 Å². The number of hydrogen-bond donors (Lipinski definition) is 2. The van der Waals surface area contributed by atoms with Gasteiger partial charge in [0.15, 0.2) is 0 Å². The average Bonchev–Trinajstić information content (AvgIpc) is 2.77. The molecule has 0 spiro atoms. The van der Waals surface area contributed by atoms with E-state index in [9.17, 15) is 0 Å². The molecule has 1 aromatic rings. The third-order valence-electron chi connectivity index (χ3n) is 3.60. The summed E-state index contributed by atoms with van der Waals surface area (Å²) in [6, 6.07) is 2.92. The van der Waals surface area contributed by atoms with E-state index < -0.39 is 0 Å². The molecule has 0 bridgehead atoms. The SMILES string of the molecule is CC(C)n1ccc(NCC2CCC(N)CC2)n1. The lowest BCUT2D eigenvalue weighted by molar-refractivity contribution is 0.338. The molecule has 96 valence electrons. The molecule has 1 saturated carbocycles. The minimum absolute atomic E-state index is 0.429. The van der Waals surface area contributed by atoms with Gasteiger partial charge in [-0.05, 0) is 45.4 Å². The topological polar surface area (TPSA) is 55.9 Å². The number of hydrogen-bond acceptors (Lipinski definition) is 3. The summed E-state index contributed by atoms with van der Waals surface area (Å²) in [7, 11) is 0. The van der Waals surface area contributed by atoms with Gasteiger partial charge in [0, 0.05) is 30.9 Å². The number of rotatable bonds is 4. The van der Waals surface area contributed by atoms with Gasteiger partial charge in [-0.3, -0.25) is 4.68 Å². The van der Waals surface area contributed by atoms with E-state index in [4.69, 9.17) is 5.73 Å². The second-order valence-electron chi connectivity index (χ2n) is 5.44. The van der Waals surface area contributed by atoms with Gasteiger partial charge in [-0.25, -0.2) is 0 Å². The van der Waals surface area contributed by atoms with Crippen LogP contribution in [0.4, 0.5) is 5.82 Å². The van der Waals surface area contributed by atoms with Gasteiger partial charge in [0.05, 0.1) is 0 Å². The van der Waals surface area contributed by atoms with E-state index in [0.717, 1.165) is 18.3 Å². The van der Waals surface area contributed by atoms with Crippen molar-refractivity contribution in [3.63, 3.8) is 0 Å². The molecule has 0 unspecified atom stereocenters. The second-order valence-corrected chi connectivity index (χ2v) is 5.44. The smallest absolute Gasteiger partial charge is 0.148 e. The fraction of sp³-hybridized carbons (Fsp3) is 0.769. The maximum Gasteiger partial charge on any atom is 0.148 e. The van der Waals surface area contributed by atoms with E-state index in [1.54, 1.807) is 0 Å². The fourth-order valence-electron chi connectivity index (χ4n) is 2.36. The monoisotopic (exact) mass is 236 g/mol. The maximum atomic E-state index is 5.90. The molecule has 1 fully saturated rings. The fourth-order valence-corrected chi connectivity index (χ4v) is 2.36. The van der Waals surface area contributed by atoms with Crippen molar-refractivity contribution in [3.05, 3.63) is 12.3 Å². The third-order valence-corrected chi connectivity index (χ3v) is 3.60. The lowest BCUT2D eigenvalue weighted by Crippen LogP contribution is -2.29. The third kappa shape index (κ3) is 3.46. The molecule has 0 radical (unpaired) electrons. The molecule has 3 N–H and O–H groups in total. The van der Waals surface area contributed by atoms with Gasteiger partial charge < -0.3 is 11.1 Å². The van der Waals surface area contributed by atoms with Crippen LogP contribution < -0.4 is 11.1 Å². The molecule has 1 aromatic heterocycles. The Morgan fingerprint density at radius 1 is 1.41 bits per heavy atom. The summed E-state index contributed by atoms with van der Waals surface area (Å²) in [5.74, 6) is 1.76. The van der Waals surface area contributed by atoms with E-state index in [0.29, 0.717) is 12.1 Å². The van der Waals surface area contributed by atoms with Crippen LogP contribution in [0.25, 0.3) is 0 Å². The van der Waals surface area contributed by atoms with Crippen LogP contribution in [-0.2, 0) is 0 Å². The van der Waals surface area contributed by atoms with Crippen LogP contribution in [0.5, 0.6) is 0 Å². The quantitative estimate of drug-likeness (QED) is 0.844. The number of aromatic nitrogens is 2. The Bertz CT molecular complexity index is 337. The van der Waals surface area contributed by atoms with Crippen molar-refractivity contribution in [1.29, 1.82) is 0 Å². The summed E-state index contributed by atoms with van der Waals surface area (Å²) in [6.07, 6.45) is 6.88. The number of anilines is 1. The van der Waals surface area contributed by atoms with E-state index in [1.165, 1.54) is 25.7 Å². The van der Waals surface area contributed by atoms with Crippen molar-refractivity contribution in [2.24, 2.45) is 11.7 Å². The summed E-state index contributed by atoms with van der Waals surface area (Å²) in [5, 5.41) is 7.92. The van der Waals surface area contributed by atoms with Gasteiger partial charge in [-0.15, -0.1) is 0 Å². The molecule has 0 aliphatic heterocycles. The Labute approximate surface area is 104 Å². The summed E-state index contributed by atoms with van der Waals surface area (Å²) in [4.78, 5) is 0. The first kappa shape index (κ1) is 12.4. The van der Waals surface area contributed by atoms with E-state index in [2.05, 4.69) is 30.3 Å². The zero-order valence-corrected chi connectivity index (χ0v) is 10.9. The highest BCUT2D eigenvalue weighted by Crippen LogP contribution is 2.23. The van der Waals surface area contributed by atoms with Crippen molar-refractivity contribution in [2.45, 2.75) is 51.6 Å². The predicted octanol–water partition coefficient (Wildman–Crippen LogP) is 2.39. The van der Waals surface area contributed by atoms with Crippen LogP contribution in [0.2, 0.25) is 0 Å². The molecule has 0 aromatic carbocycles. The first-order valence-electron chi connectivity index (χ1n) is 6.69. The molecule has 4 nitrogen and oxygen atoms in total. The average molecular weight is 236 g/mol. The summed E-state index contributed by atoms with van der Waals surface area (Å²) < 4.78 is 1.99. The Morgan fingerprint density at radius 3 is 2.71 bits per heavy atom. The number of nitrogens with one attached hydrogen (secondary N) is 1. The maximum absolute atomic E-state index is 5.90. The second kappa shape index (κ2) is 5.54. The molecule has 0 atom stereocenters. The van der Waals surface area contributed by atoms with E-state index in [1.807, 2.05) is 10.9 Å². The Morgan fingerprint density at radius 2 is 2.12 bits per heavy atom. The van der Waals surface area contributed by atoms with Crippen LogP contribution in [0.1, 0.15) is 45.6 Å². The van der Waals surface area contributed by atoms with Crippen molar-refractivity contribution >= 4 is 5.82 Å². The van der Waals surface area contributed by atoms with Crippen LogP contribution in [0, 0.1) is 5.92 Å². The molecule has 1 heterocycles. The van der Waals surface area contributed by atoms with Crippen LogP contribution in [0.15, 0.2) is 12.3 Å². The highest BCUT2D eigenvalue weighted by molar-refractivity contribution is 5.32. The highest BCUT2D eigenvalue weighted by atomic mass is 15.3. The lowest BCUT2D eigenvalue weighted by Gasteiger charge is -2.26. The number of nitrogens with zero attached hydrogens (tertiary/aromatic N) is 2. The van der Waals surface area contributed by atoms with Crippen LogP contribution in [-0.4, -0.2) is 22.4 Å². The Kier molecular flexibility index (Phi) is 4.05. The lowest BCUT2D eigenvalue weighted by atomic mass is 9.86. The predicted molar refractivity (Wildman–Crippen MR) is 71.0 cm³/mol. The van der Waals surface area contributed by atoms with Gasteiger partial charge in [0.2, 0.25) is 0 Å². The van der Waals surface area contributed by atoms with E-state index >= 15 is 0 Å². The number of nitrogens with two attached hydrogens (primary N) is 1. The normalized spacial score (nSPS) is 25.2. The molecule has 1 aliphatic carbocycles. The molecule has 4 heteroatoms. The molecule has 1 aliphatic rings. The largest absolute Gasteiger partial charge is 0.368 e. The first-order chi connectivity index (χ1) is 8.15. The molecular formula is C13H24N4. The van der Waals surface area contributed by atoms with Crippen LogP contribution >= 0.6 is 0 Å². The van der Waals surface area contributed by atoms with Gasteiger partial charge in [0.25, 0.3) is 0 Å². The molecule has 2 rings (SSSR count). The standard InChI is InChI=1S/C13H24N4/c1-10(2)17-8-7-13(16-17)15-9-11-3-5-12(14)6-4-11/h7-8,10-12H,3-6,9,14H2,1-2H3,(H,15,16). The summed E-state index contributed by atoms with van der Waals surface area (Å²) in [6.45, 7) is 5.31. The Hall–Kier alpha value is -1.03. The molecular weight excluding hydrogens is 212 g/mol.